The fourth-order valence-electron chi connectivity index (χ4n) is 5.47. The van der Waals surface area contributed by atoms with Crippen molar-refractivity contribution in [1.82, 2.24) is 15.2 Å². The Bertz CT molecular complexity index is 1410. The summed E-state index contributed by atoms with van der Waals surface area (Å²) < 4.78 is 17.0. The number of carboxylic acids is 1. The average molecular weight is 588 g/mol. The molecule has 2 heterocycles. The lowest BCUT2D eigenvalue weighted by atomic mass is 9.98. The van der Waals surface area contributed by atoms with Crippen LogP contribution in [-0.4, -0.2) is 70.6 Å². The van der Waals surface area contributed by atoms with Gasteiger partial charge >= 0.3 is 18.2 Å². The van der Waals surface area contributed by atoms with E-state index < -0.39 is 23.7 Å². The number of alkyl carbamates (subject to hydrolysis) is 1. The van der Waals surface area contributed by atoms with Crippen LogP contribution in [0.2, 0.25) is 0 Å². The number of nitrogens with one attached hydrogen (secondary N) is 1. The van der Waals surface area contributed by atoms with Crippen molar-refractivity contribution in [2.45, 2.75) is 63.7 Å². The van der Waals surface area contributed by atoms with E-state index >= 15 is 0 Å². The number of hydrogen-bond acceptors (Lipinski definition) is 7. The van der Waals surface area contributed by atoms with Gasteiger partial charge in [-0.3, -0.25) is 0 Å². The summed E-state index contributed by atoms with van der Waals surface area (Å²) in [5, 5.41) is 12.2. The highest BCUT2D eigenvalue weighted by Gasteiger charge is 2.30. The number of carboxylic acid groups (broad SMARTS) is 1. The van der Waals surface area contributed by atoms with Gasteiger partial charge in [0.1, 0.15) is 24.4 Å². The molecule has 10 heteroatoms. The minimum absolute atomic E-state index is 0.0289. The van der Waals surface area contributed by atoms with Crippen molar-refractivity contribution in [3.05, 3.63) is 83.6 Å². The van der Waals surface area contributed by atoms with Crippen LogP contribution in [0.25, 0.3) is 11.1 Å². The summed E-state index contributed by atoms with van der Waals surface area (Å²) in [6, 6.07) is 18.2. The number of pyridine rings is 1. The van der Waals surface area contributed by atoms with E-state index in [2.05, 4.69) is 10.3 Å². The zero-order valence-corrected chi connectivity index (χ0v) is 24.6. The number of hydrogen-bond donors (Lipinski definition) is 2. The van der Waals surface area contributed by atoms with Crippen LogP contribution in [0.15, 0.2) is 66.9 Å². The van der Waals surface area contributed by atoms with Crippen LogP contribution in [0.4, 0.5) is 9.59 Å². The molecule has 1 saturated heterocycles. The number of nitrogens with zero attached hydrogens (tertiary/aromatic N) is 2. The van der Waals surface area contributed by atoms with Crippen LogP contribution in [0.1, 0.15) is 56.2 Å². The van der Waals surface area contributed by atoms with Gasteiger partial charge in [0.2, 0.25) is 5.88 Å². The molecule has 1 atom stereocenters. The molecule has 226 valence electrons. The third kappa shape index (κ3) is 7.43. The van der Waals surface area contributed by atoms with Crippen molar-refractivity contribution < 1.29 is 33.7 Å². The Morgan fingerprint density at radius 1 is 0.977 bits per heavy atom. The van der Waals surface area contributed by atoms with E-state index in [0.29, 0.717) is 37.4 Å². The van der Waals surface area contributed by atoms with Crippen molar-refractivity contribution in [2.24, 2.45) is 0 Å². The van der Waals surface area contributed by atoms with Gasteiger partial charge in [-0.25, -0.2) is 19.4 Å². The first-order valence-electron chi connectivity index (χ1n) is 14.5. The van der Waals surface area contributed by atoms with Crippen molar-refractivity contribution >= 4 is 18.2 Å². The number of carbonyl (C=O) groups excluding carboxylic acids is 2. The van der Waals surface area contributed by atoms with Crippen LogP contribution in [-0.2, 0) is 20.7 Å². The van der Waals surface area contributed by atoms with Gasteiger partial charge in [0, 0.05) is 50.5 Å². The molecule has 10 nitrogen and oxygen atoms in total. The molecule has 2 N–H and O–H groups in total. The van der Waals surface area contributed by atoms with Crippen molar-refractivity contribution in [2.75, 3.05) is 19.7 Å². The molecule has 2 aromatic carbocycles. The molecule has 0 bridgehead atoms. The molecule has 2 aliphatic rings. The van der Waals surface area contributed by atoms with E-state index in [4.69, 9.17) is 14.2 Å². The Balaban J connectivity index is 1.11. The molecule has 1 aromatic heterocycles. The first-order valence-corrected chi connectivity index (χ1v) is 14.5. The highest BCUT2D eigenvalue weighted by molar-refractivity contribution is 5.81. The van der Waals surface area contributed by atoms with Crippen LogP contribution in [0.5, 0.6) is 5.88 Å². The topological polar surface area (TPSA) is 127 Å². The summed E-state index contributed by atoms with van der Waals surface area (Å²) in [6.45, 7) is 6.67. The van der Waals surface area contributed by atoms with Gasteiger partial charge < -0.3 is 29.5 Å². The normalized spacial score (nSPS) is 15.7. The molecule has 0 unspecified atom stereocenters. The quantitative estimate of drug-likeness (QED) is 0.359. The number of rotatable bonds is 8. The zero-order valence-electron chi connectivity index (χ0n) is 24.6. The number of carbonyl (C=O) groups is 3. The smallest absolute Gasteiger partial charge is 0.410 e. The summed E-state index contributed by atoms with van der Waals surface area (Å²) in [7, 11) is 0. The number of fused-ring (bicyclic) bond motifs is 3. The molecule has 2 amide bonds. The number of benzene rings is 2. The molecule has 43 heavy (non-hydrogen) atoms. The Kier molecular flexibility index (Phi) is 8.84. The van der Waals surface area contributed by atoms with E-state index in [0.717, 1.165) is 22.3 Å². The standard InChI is InChI=1S/C33H37N3O7/c1-33(2,3)43-32(40)36-16-14-22(15-17-36)42-29-13-12-21(19-34-29)18-28(30(37)38)35-31(39)41-20-27-25-10-6-4-8-23(25)24-9-5-7-11-26(24)27/h4-13,19,22,27-28H,14-18,20H2,1-3H3,(H,35,39)(H,37,38)/t28-/m0/s1. The van der Waals surface area contributed by atoms with Gasteiger partial charge in [-0.2, -0.15) is 0 Å². The van der Waals surface area contributed by atoms with Gasteiger partial charge in [0.15, 0.2) is 0 Å². The van der Waals surface area contributed by atoms with Crippen LogP contribution in [0.3, 0.4) is 0 Å². The molecular weight excluding hydrogens is 550 g/mol. The lowest BCUT2D eigenvalue weighted by Crippen LogP contribution is -2.44. The highest BCUT2D eigenvalue weighted by atomic mass is 16.6. The Hall–Kier alpha value is -4.60. The summed E-state index contributed by atoms with van der Waals surface area (Å²) in [5.74, 6) is -0.885. The second kappa shape index (κ2) is 12.7. The average Bonchev–Trinajstić information content (AvgIpc) is 3.30. The Morgan fingerprint density at radius 2 is 1.60 bits per heavy atom. The maximum Gasteiger partial charge on any atom is 0.410 e. The second-order valence-corrected chi connectivity index (χ2v) is 11.9. The maximum absolute atomic E-state index is 12.7. The first-order chi connectivity index (χ1) is 20.6. The molecule has 5 rings (SSSR count). The molecule has 0 radical (unpaired) electrons. The largest absolute Gasteiger partial charge is 0.480 e. The van der Waals surface area contributed by atoms with Crippen LogP contribution < -0.4 is 10.1 Å². The number of aliphatic carboxylic acids is 1. The Morgan fingerprint density at radius 3 is 2.16 bits per heavy atom. The van der Waals surface area contributed by atoms with Gasteiger partial charge in [-0.05, 0) is 48.6 Å². The molecule has 0 spiro atoms. The van der Waals surface area contributed by atoms with Crippen molar-refractivity contribution in [3.63, 3.8) is 0 Å². The fourth-order valence-corrected chi connectivity index (χ4v) is 5.47. The summed E-state index contributed by atoms with van der Waals surface area (Å²) in [6.07, 6.45) is 1.65. The highest BCUT2D eigenvalue weighted by Crippen LogP contribution is 2.44. The third-order valence-electron chi connectivity index (χ3n) is 7.55. The lowest BCUT2D eigenvalue weighted by molar-refractivity contribution is -0.139. The number of ether oxygens (including phenoxy) is 3. The fraction of sp³-hybridized carbons (Fsp3) is 0.394. The number of amides is 2. The number of likely N-dealkylation sites (tertiary alicyclic amines) is 1. The molecule has 1 aliphatic heterocycles. The van der Waals surface area contributed by atoms with Gasteiger partial charge in [0.05, 0.1) is 0 Å². The third-order valence-corrected chi connectivity index (χ3v) is 7.55. The summed E-state index contributed by atoms with van der Waals surface area (Å²) in [4.78, 5) is 42.9. The first kappa shape index (κ1) is 29.9. The SMILES string of the molecule is CC(C)(C)OC(=O)N1CCC(Oc2ccc(C[C@H](NC(=O)OCC3c4ccccc4-c4ccccc43)C(=O)O)cn2)CC1. The van der Waals surface area contributed by atoms with Gasteiger partial charge in [0.25, 0.3) is 0 Å². The predicted molar refractivity (Wildman–Crippen MR) is 159 cm³/mol. The number of piperidine rings is 1. The summed E-state index contributed by atoms with van der Waals surface area (Å²) in [5.41, 5.74) is 4.46. The minimum Gasteiger partial charge on any atom is -0.480 e. The predicted octanol–water partition coefficient (Wildman–Crippen LogP) is 5.39. The van der Waals surface area contributed by atoms with E-state index in [-0.39, 0.29) is 31.1 Å². The molecule has 0 saturated carbocycles. The molecular formula is C33H37N3O7. The van der Waals surface area contributed by atoms with E-state index in [1.165, 1.54) is 0 Å². The van der Waals surface area contributed by atoms with Crippen LogP contribution >= 0.6 is 0 Å². The zero-order chi connectivity index (χ0) is 30.6. The van der Waals surface area contributed by atoms with E-state index in [1.807, 2.05) is 69.3 Å². The van der Waals surface area contributed by atoms with Crippen molar-refractivity contribution in [3.8, 4) is 17.0 Å². The van der Waals surface area contributed by atoms with E-state index in [9.17, 15) is 19.5 Å². The lowest BCUT2D eigenvalue weighted by Gasteiger charge is -2.33. The van der Waals surface area contributed by atoms with Crippen LogP contribution in [0, 0.1) is 0 Å². The van der Waals surface area contributed by atoms with E-state index in [1.54, 1.807) is 23.2 Å². The molecule has 1 aliphatic carbocycles. The minimum atomic E-state index is -1.19. The number of aromatic nitrogens is 1. The van der Waals surface area contributed by atoms with Gasteiger partial charge in [-0.15, -0.1) is 0 Å². The maximum atomic E-state index is 12.7. The monoisotopic (exact) mass is 587 g/mol. The Labute approximate surface area is 251 Å². The van der Waals surface area contributed by atoms with Gasteiger partial charge in [-0.1, -0.05) is 54.6 Å². The molecule has 3 aromatic rings. The van der Waals surface area contributed by atoms with Crippen molar-refractivity contribution in [1.29, 1.82) is 0 Å². The summed E-state index contributed by atoms with van der Waals surface area (Å²) >= 11 is 0. The second-order valence-electron chi connectivity index (χ2n) is 11.9. The molecule has 1 fully saturated rings.